The van der Waals surface area contributed by atoms with Gasteiger partial charge in [-0.15, -0.1) is 0 Å². The molecule has 0 aliphatic carbocycles. The number of fused-ring (bicyclic) bond motifs is 2. The summed E-state index contributed by atoms with van der Waals surface area (Å²) < 4.78 is 13.0. The van der Waals surface area contributed by atoms with Crippen molar-refractivity contribution in [1.82, 2.24) is 9.38 Å². The van der Waals surface area contributed by atoms with Crippen molar-refractivity contribution in [1.29, 1.82) is 0 Å². The van der Waals surface area contributed by atoms with Crippen LogP contribution < -0.4 is 15.2 Å². The lowest BCUT2D eigenvalue weighted by Crippen LogP contribution is -2.12. The minimum absolute atomic E-state index is 0.201. The molecule has 3 aromatic rings. The summed E-state index contributed by atoms with van der Waals surface area (Å²) in [6.07, 6.45) is 2.11. The molecule has 1 aliphatic heterocycles. The van der Waals surface area contributed by atoms with Gasteiger partial charge in [0.1, 0.15) is 5.65 Å². The number of nitrogens with two attached hydrogens (primary N) is 1. The van der Waals surface area contributed by atoms with E-state index in [0.717, 1.165) is 34.1 Å². The van der Waals surface area contributed by atoms with Crippen molar-refractivity contribution in [2.24, 2.45) is 5.73 Å². The van der Waals surface area contributed by atoms with Crippen molar-refractivity contribution in [3.05, 3.63) is 47.8 Å². The van der Waals surface area contributed by atoms with E-state index in [1.165, 1.54) is 5.56 Å². The van der Waals surface area contributed by atoms with Crippen molar-refractivity contribution in [2.45, 2.75) is 19.8 Å². The number of pyridine rings is 1. The highest BCUT2D eigenvalue weighted by Crippen LogP contribution is 2.38. The fourth-order valence-electron chi connectivity index (χ4n) is 3.01. The highest BCUT2D eigenvalue weighted by Gasteiger charge is 2.21. The highest BCUT2D eigenvalue weighted by atomic mass is 16.7. The molecule has 2 aromatic heterocycles. The Labute approximate surface area is 134 Å². The fraction of sp³-hybridized carbons (Fsp3) is 0.278. The second kappa shape index (κ2) is 5.28. The van der Waals surface area contributed by atoms with Gasteiger partial charge in [0.15, 0.2) is 11.5 Å². The Morgan fingerprint density at radius 1 is 1.22 bits per heavy atom. The van der Waals surface area contributed by atoms with Gasteiger partial charge < -0.3 is 19.6 Å². The quantitative estimate of drug-likeness (QED) is 0.807. The zero-order valence-electron chi connectivity index (χ0n) is 13.2. The van der Waals surface area contributed by atoms with Gasteiger partial charge >= 0.3 is 0 Å². The van der Waals surface area contributed by atoms with Crippen LogP contribution in [-0.2, 0) is 0 Å². The Kier molecular flexibility index (Phi) is 3.23. The number of hydrogen-bond acceptors (Lipinski definition) is 4. The maximum Gasteiger partial charge on any atom is 0.231 e. The van der Waals surface area contributed by atoms with Crippen LogP contribution in [0.4, 0.5) is 0 Å². The topological polar surface area (TPSA) is 61.8 Å². The number of nitrogens with zero attached hydrogens (tertiary/aromatic N) is 2. The number of aryl methyl sites for hydroxylation is 1. The SMILES string of the molecule is Cc1ccc2nc(-c3ccc4c(c3)OCO4)c(C(C)CN)n2c1. The first-order valence-electron chi connectivity index (χ1n) is 7.76. The molecule has 3 heterocycles. The van der Waals surface area contributed by atoms with Gasteiger partial charge in [0, 0.05) is 24.2 Å². The molecule has 118 valence electrons. The van der Waals surface area contributed by atoms with Gasteiger partial charge in [0.25, 0.3) is 0 Å². The van der Waals surface area contributed by atoms with Gasteiger partial charge in [-0.3, -0.25) is 0 Å². The average molecular weight is 309 g/mol. The Morgan fingerprint density at radius 2 is 2.04 bits per heavy atom. The molecule has 1 atom stereocenters. The van der Waals surface area contributed by atoms with Crippen LogP contribution in [0.2, 0.25) is 0 Å². The monoisotopic (exact) mass is 309 g/mol. The zero-order chi connectivity index (χ0) is 16.0. The molecule has 1 aromatic carbocycles. The van der Waals surface area contributed by atoms with Crippen LogP contribution in [-0.4, -0.2) is 22.7 Å². The van der Waals surface area contributed by atoms with Crippen molar-refractivity contribution in [3.63, 3.8) is 0 Å². The third-order valence-electron chi connectivity index (χ3n) is 4.27. The molecule has 2 N–H and O–H groups in total. The largest absolute Gasteiger partial charge is 0.454 e. The molecule has 0 amide bonds. The molecule has 4 rings (SSSR count). The minimum atomic E-state index is 0.201. The standard InChI is InChI=1S/C18H19N3O2/c1-11-3-6-16-20-17(18(12(2)8-19)21(16)9-11)13-4-5-14-15(7-13)23-10-22-14/h3-7,9,12H,8,10,19H2,1-2H3. The van der Waals surface area contributed by atoms with Gasteiger partial charge in [-0.2, -0.15) is 0 Å². The molecule has 0 radical (unpaired) electrons. The molecule has 5 nitrogen and oxygen atoms in total. The van der Waals surface area contributed by atoms with E-state index in [2.05, 4.69) is 30.5 Å². The summed E-state index contributed by atoms with van der Waals surface area (Å²) in [5.74, 6) is 1.75. The van der Waals surface area contributed by atoms with Gasteiger partial charge in [-0.05, 0) is 36.8 Å². The van der Waals surface area contributed by atoms with Crippen LogP contribution in [0.5, 0.6) is 11.5 Å². The molecule has 5 heteroatoms. The third-order valence-corrected chi connectivity index (χ3v) is 4.27. The molecule has 1 aliphatic rings. The molecule has 1 unspecified atom stereocenters. The summed E-state index contributed by atoms with van der Waals surface area (Å²) in [6.45, 7) is 5.05. The Bertz CT molecular complexity index is 885. The first kappa shape index (κ1) is 14.1. The minimum Gasteiger partial charge on any atom is -0.454 e. The van der Waals surface area contributed by atoms with Crippen molar-refractivity contribution in [2.75, 3.05) is 13.3 Å². The Hall–Kier alpha value is -2.53. The van der Waals surface area contributed by atoms with Crippen LogP contribution in [0, 0.1) is 6.92 Å². The zero-order valence-corrected chi connectivity index (χ0v) is 13.2. The first-order valence-corrected chi connectivity index (χ1v) is 7.76. The summed E-state index contributed by atoms with van der Waals surface area (Å²) in [4.78, 5) is 4.83. The van der Waals surface area contributed by atoms with Crippen LogP contribution in [0.15, 0.2) is 36.5 Å². The fourth-order valence-corrected chi connectivity index (χ4v) is 3.01. The predicted molar refractivity (Wildman–Crippen MR) is 89.0 cm³/mol. The summed E-state index contributed by atoms with van der Waals surface area (Å²) in [7, 11) is 0. The van der Waals surface area contributed by atoms with E-state index in [4.69, 9.17) is 20.2 Å². The van der Waals surface area contributed by atoms with Crippen LogP contribution >= 0.6 is 0 Å². The summed E-state index contributed by atoms with van der Waals surface area (Å²) in [5, 5.41) is 0. The smallest absolute Gasteiger partial charge is 0.231 e. The van der Waals surface area contributed by atoms with Gasteiger partial charge in [0.05, 0.1) is 11.4 Å². The Morgan fingerprint density at radius 3 is 2.87 bits per heavy atom. The van der Waals surface area contributed by atoms with Gasteiger partial charge in [0.2, 0.25) is 6.79 Å². The predicted octanol–water partition coefficient (Wildman–Crippen LogP) is 3.10. The highest BCUT2D eigenvalue weighted by molar-refractivity contribution is 5.70. The lowest BCUT2D eigenvalue weighted by molar-refractivity contribution is 0.174. The molecule has 23 heavy (non-hydrogen) atoms. The number of hydrogen-bond donors (Lipinski definition) is 1. The van der Waals surface area contributed by atoms with Gasteiger partial charge in [-0.1, -0.05) is 13.0 Å². The van der Waals surface area contributed by atoms with E-state index in [0.29, 0.717) is 6.54 Å². The summed E-state index contributed by atoms with van der Waals surface area (Å²) in [6, 6.07) is 10.1. The van der Waals surface area contributed by atoms with Crippen LogP contribution in [0.1, 0.15) is 24.1 Å². The second-order valence-electron chi connectivity index (χ2n) is 5.99. The number of imidazole rings is 1. The molecule has 0 fully saturated rings. The summed E-state index contributed by atoms with van der Waals surface area (Å²) >= 11 is 0. The van der Waals surface area contributed by atoms with Crippen molar-refractivity contribution < 1.29 is 9.47 Å². The maximum absolute atomic E-state index is 5.94. The second-order valence-corrected chi connectivity index (χ2v) is 5.99. The van der Waals surface area contributed by atoms with E-state index >= 15 is 0 Å². The lowest BCUT2D eigenvalue weighted by atomic mass is 10.0. The van der Waals surface area contributed by atoms with Crippen molar-refractivity contribution in [3.8, 4) is 22.8 Å². The molecule has 0 bridgehead atoms. The molecular formula is C18H19N3O2. The van der Waals surface area contributed by atoms with Crippen molar-refractivity contribution >= 4 is 5.65 Å². The van der Waals surface area contributed by atoms with Gasteiger partial charge in [-0.25, -0.2) is 4.98 Å². The van der Waals surface area contributed by atoms with E-state index in [1.807, 2.05) is 24.3 Å². The number of aromatic nitrogens is 2. The number of rotatable bonds is 3. The molecule has 0 saturated carbocycles. The normalized spacial score (nSPS) is 14.4. The van der Waals surface area contributed by atoms with Crippen LogP contribution in [0.3, 0.4) is 0 Å². The third kappa shape index (κ3) is 2.24. The average Bonchev–Trinajstić information content (AvgIpc) is 3.17. The molecular weight excluding hydrogens is 290 g/mol. The number of ether oxygens (including phenoxy) is 2. The summed E-state index contributed by atoms with van der Waals surface area (Å²) in [5.41, 5.74) is 11.2. The molecule has 0 saturated heterocycles. The number of benzene rings is 1. The maximum atomic E-state index is 5.94. The first-order chi connectivity index (χ1) is 11.2. The van der Waals surface area contributed by atoms with E-state index in [9.17, 15) is 0 Å². The van der Waals surface area contributed by atoms with Crippen LogP contribution in [0.25, 0.3) is 16.9 Å². The van der Waals surface area contributed by atoms with E-state index < -0.39 is 0 Å². The Balaban J connectivity index is 1.95. The van der Waals surface area contributed by atoms with E-state index in [-0.39, 0.29) is 12.7 Å². The van der Waals surface area contributed by atoms with E-state index in [1.54, 1.807) is 0 Å². The molecule has 0 spiro atoms. The lowest BCUT2D eigenvalue weighted by Gasteiger charge is -2.12.